The third kappa shape index (κ3) is 3.18. The van der Waals surface area contributed by atoms with E-state index in [1.807, 2.05) is 24.3 Å². The third-order valence-electron chi connectivity index (χ3n) is 4.37. The van der Waals surface area contributed by atoms with Crippen molar-refractivity contribution in [2.24, 2.45) is 0 Å². The van der Waals surface area contributed by atoms with Crippen molar-refractivity contribution in [1.29, 1.82) is 0 Å². The molecule has 1 unspecified atom stereocenters. The Balaban J connectivity index is 1.70. The van der Waals surface area contributed by atoms with E-state index in [1.54, 1.807) is 11.0 Å². The summed E-state index contributed by atoms with van der Waals surface area (Å²) in [6.45, 7) is 3.73. The van der Waals surface area contributed by atoms with E-state index >= 15 is 0 Å². The minimum Gasteiger partial charge on any atom is -0.336 e. The van der Waals surface area contributed by atoms with Gasteiger partial charge in [-0.2, -0.15) is 5.10 Å². The number of benzene rings is 1. The topological polar surface area (TPSA) is 51.0 Å². The average molecular weight is 298 g/mol. The number of hydrogen-bond acceptors (Lipinski definition) is 3. The SMILES string of the molecule is CCC1CCCCN1C(=O)c1ccc(Cn2cncn2)cc1. The fourth-order valence-electron chi connectivity index (χ4n) is 3.11. The monoisotopic (exact) mass is 298 g/mol. The van der Waals surface area contributed by atoms with Crippen molar-refractivity contribution in [2.75, 3.05) is 6.54 Å². The Morgan fingerprint density at radius 3 is 2.77 bits per heavy atom. The van der Waals surface area contributed by atoms with Gasteiger partial charge in [-0.05, 0) is 43.4 Å². The van der Waals surface area contributed by atoms with Crippen LogP contribution in [0.15, 0.2) is 36.9 Å². The van der Waals surface area contributed by atoms with E-state index in [2.05, 4.69) is 21.9 Å². The first-order valence-electron chi connectivity index (χ1n) is 8.00. The van der Waals surface area contributed by atoms with Gasteiger partial charge in [0.2, 0.25) is 0 Å². The first kappa shape index (κ1) is 14.8. The highest BCUT2D eigenvalue weighted by molar-refractivity contribution is 5.94. The first-order chi connectivity index (χ1) is 10.8. The second kappa shape index (κ2) is 6.73. The molecule has 0 aliphatic carbocycles. The van der Waals surface area contributed by atoms with Crippen LogP contribution in [0.2, 0.25) is 0 Å². The molecule has 1 saturated heterocycles. The van der Waals surface area contributed by atoms with Gasteiger partial charge in [0, 0.05) is 18.2 Å². The normalized spacial score (nSPS) is 18.4. The van der Waals surface area contributed by atoms with E-state index in [9.17, 15) is 4.79 Å². The molecule has 116 valence electrons. The molecule has 1 fully saturated rings. The quantitative estimate of drug-likeness (QED) is 0.872. The lowest BCUT2D eigenvalue weighted by Gasteiger charge is -2.35. The zero-order valence-corrected chi connectivity index (χ0v) is 13.0. The molecule has 5 heteroatoms. The molecule has 1 atom stereocenters. The minimum absolute atomic E-state index is 0.166. The highest BCUT2D eigenvalue weighted by atomic mass is 16.2. The molecule has 0 spiro atoms. The highest BCUT2D eigenvalue weighted by Crippen LogP contribution is 2.22. The van der Waals surface area contributed by atoms with E-state index in [-0.39, 0.29) is 5.91 Å². The number of amides is 1. The van der Waals surface area contributed by atoms with Crippen LogP contribution in [0.25, 0.3) is 0 Å². The molecule has 5 nitrogen and oxygen atoms in total. The molecule has 0 bridgehead atoms. The van der Waals surface area contributed by atoms with Crippen LogP contribution >= 0.6 is 0 Å². The molecule has 0 radical (unpaired) electrons. The second-order valence-electron chi connectivity index (χ2n) is 5.85. The number of likely N-dealkylation sites (tertiary alicyclic amines) is 1. The predicted molar refractivity (Wildman–Crippen MR) is 84.5 cm³/mol. The van der Waals surface area contributed by atoms with Crippen molar-refractivity contribution in [3.63, 3.8) is 0 Å². The van der Waals surface area contributed by atoms with E-state index in [4.69, 9.17) is 0 Å². The second-order valence-corrected chi connectivity index (χ2v) is 5.85. The van der Waals surface area contributed by atoms with Gasteiger partial charge in [-0.15, -0.1) is 0 Å². The van der Waals surface area contributed by atoms with E-state index < -0.39 is 0 Å². The maximum absolute atomic E-state index is 12.7. The van der Waals surface area contributed by atoms with Gasteiger partial charge < -0.3 is 4.90 Å². The summed E-state index contributed by atoms with van der Waals surface area (Å²) in [5.74, 6) is 0.166. The Morgan fingerprint density at radius 2 is 2.09 bits per heavy atom. The van der Waals surface area contributed by atoms with Crippen LogP contribution in [-0.4, -0.2) is 38.2 Å². The van der Waals surface area contributed by atoms with Crippen LogP contribution in [0.4, 0.5) is 0 Å². The number of carbonyl (C=O) groups is 1. The summed E-state index contributed by atoms with van der Waals surface area (Å²) < 4.78 is 1.77. The van der Waals surface area contributed by atoms with Gasteiger partial charge in [-0.1, -0.05) is 19.1 Å². The van der Waals surface area contributed by atoms with Crippen molar-refractivity contribution in [3.8, 4) is 0 Å². The Labute approximate surface area is 131 Å². The number of hydrogen-bond donors (Lipinski definition) is 0. The van der Waals surface area contributed by atoms with Gasteiger partial charge in [0.05, 0.1) is 6.54 Å². The van der Waals surface area contributed by atoms with Crippen LogP contribution in [0.3, 0.4) is 0 Å². The molecule has 1 aromatic carbocycles. The summed E-state index contributed by atoms with van der Waals surface area (Å²) in [6, 6.07) is 8.25. The fourth-order valence-corrected chi connectivity index (χ4v) is 3.11. The lowest BCUT2D eigenvalue weighted by atomic mass is 9.98. The van der Waals surface area contributed by atoms with Crippen LogP contribution in [-0.2, 0) is 6.54 Å². The van der Waals surface area contributed by atoms with Gasteiger partial charge in [0.1, 0.15) is 12.7 Å². The molecular weight excluding hydrogens is 276 g/mol. The maximum atomic E-state index is 12.7. The lowest BCUT2D eigenvalue weighted by Crippen LogP contribution is -2.43. The molecule has 0 saturated carbocycles. The Morgan fingerprint density at radius 1 is 1.27 bits per heavy atom. The summed E-state index contributed by atoms with van der Waals surface area (Å²) in [5, 5.41) is 4.09. The predicted octanol–water partition coefficient (Wildman–Crippen LogP) is 2.73. The molecule has 2 heterocycles. The Bertz CT molecular complexity index is 606. The summed E-state index contributed by atoms with van der Waals surface area (Å²) >= 11 is 0. The summed E-state index contributed by atoms with van der Waals surface area (Å²) in [4.78, 5) is 18.7. The molecular formula is C17H22N4O. The average Bonchev–Trinajstić information content (AvgIpc) is 3.08. The summed E-state index contributed by atoms with van der Waals surface area (Å²) in [5.41, 5.74) is 1.90. The molecule has 22 heavy (non-hydrogen) atoms. The van der Waals surface area contributed by atoms with Gasteiger partial charge in [-0.25, -0.2) is 9.67 Å². The molecule has 1 aliphatic heterocycles. The van der Waals surface area contributed by atoms with E-state index in [0.717, 1.165) is 36.9 Å². The molecule has 1 aliphatic rings. The summed E-state index contributed by atoms with van der Waals surface area (Å²) in [7, 11) is 0. The van der Waals surface area contributed by atoms with Crippen molar-refractivity contribution in [1.82, 2.24) is 19.7 Å². The zero-order chi connectivity index (χ0) is 15.4. The fraction of sp³-hybridized carbons (Fsp3) is 0.471. The number of carbonyl (C=O) groups excluding carboxylic acids is 1. The maximum Gasteiger partial charge on any atom is 0.254 e. The first-order valence-corrected chi connectivity index (χ1v) is 8.00. The standard InChI is InChI=1S/C17H22N4O/c1-2-16-5-3-4-10-21(16)17(22)15-8-6-14(7-9-15)11-20-13-18-12-19-20/h6-9,12-13,16H,2-5,10-11H2,1H3. The van der Waals surface area contributed by atoms with E-state index in [0.29, 0.717) is 12.6 Å². The van der Waals surface area contributed by atoms with Gasteiger partial charge in [0.25, 0.3) is 5.91 Å². The van der Waals surface area contributed by atoms with Crippen molar-refractivity contribution >= 4 is 5.91 Å². The molecule has 0 N–H and O–H groups in total. The summed E-state index contributed by atoms with van der Waals surface area (Å²) in [6.07, 6.45) is 7.74. The molecule has 2 aromatic rings. The molecule has 1 aromatic heterocycles. The highest BCUT2D eigenvalue weighted by Gasteiger charge is 2.25. The minimum atomic E-state index is 0.166. The van der Waals surface area contributed by atoms with Crippen molar-refractivity contribution in [3.05, 3.63) is 48.0 Å². The van der Waals surface area contributed by atoms with E-state index in [1.165, 1.54) is 12.7 Å². The number of aromatic nitrogens is 3. The number of piperidine rings is 1. The van der Waals surface area contributed by atoms with Gasteiger partial charge >= 0.3 is 0 Å². The zero-order valence-electron chi connectivity index (χ0n) is 13.0. The van der Waals surface area contributed by atoms with Crippen molar-refractivity contribution < 1.29 is 4.79 Å². The number of nitrogens with zero attached hydrogens (tertiary/aromatic N) is 4. The molecule has 1 amide bonds. The van der Waals surface area contributed by atoms with Crippen molar-refractivity contribution in [2.45, 2.75) is 45.2 Å². The Hall–Kier alpha value is -2.17. The van der Waals surface area contributed by atoms with Crippen LogP contribution < -0.4 is 0 Å². The van der Waals surface area contributed by atoms with Crippen LogP contribution in [0.5, 0.6) is 0 Å². The van der Waals surface area contributed by atoms with Gasteiger partial charge in [-0.3, -0.25) is 4.79 Å². The van der Waals surface area contributed by atoms with Gasteiger partial charge in [0.15, 0.2) is 0 Å². The van der Waals surface area contributed by atoms with Crippen LogP contribution in [0.1, 0.15) is 48.5 Å². The smallest absolute Gasteiger partial charge is 0.254 e. The Kier molecular flexibility index (Phi) is 4.51. The molecule has 3 rings (SSSR count). The number of rotatable bonds is 4. The lowest BCUT2D eigenvalue weighted by molar-refractivity contribution is 0.0608. The third-order valence-corrected chi connectivity index (χ3v) is 4.37. The van der Waals surface area contributed by atoms with Crippen LogP contribution in [0, 0.1) is 0 Å². The largest absolute Gasteiger partial charge is 0.336 e.